The van der Waals surface area contributed by atoms with Gasteiger partial charge in [0.2, 0.25) is 11.8 Å². The molecule has 2 aromatic rings. The first-order valence-corrected chi connectivity index (χ1v) is 8.94. The molecule has 1 fully saturated rings. The minimum atomic E-state index is -0.334. The molecule has 26 heavy (non-hydrogen) atoms. The second kappa shape index (κ2) is 7.07. The van der Waals surface area contributed by atoms with E-state index in [1.165, 1.54) is 0 Å². The van der Waals surface area contributed by atoms with Crippen molar-refractivity contribution in [1.82, 2.24) is 19.7 Å². The molecule has 1 saturated heterocycles. The Hall–Kier alpha value is -2.41. The number of pyridine rings is 1. The van der Waals surface area contributed by atoms with Crippen LogP contribution in [0.25, 0.3) is 5.82 Å². The van der Waals surface area contributed by atoms with Crippen LogP contribution in [0.5, 0.6) is 0 Å². The summed E-state index contributed by atoms with van der Waals surface area (Å²) < 4.78 is 1.67. The molecular formula is C18H22ClN5O2. The molecule has 0 aromatic carbocycles. The van der Waals surface area contributed by atoms with Crippen molar-refractivity contribution < 1.29 is 9.59 Å². The molecule has 1 aliphatic rings. The first kappa shape index (κ1) is 18.4. The predicted molar refractivity (Wildman–Crippen MR) is 99.4 cm³/mol. The molecule has 0 bridgehead atoms. The van der Waals surface area contributed by atoms with Gasteiger partial charge in [-0.3, -0.25) is 9.59 Å². The largest absolute Gasteiger partial charge is 0.339 e. The third-order valence-corrected chi connectivity index (χ3v) is 5.13. The molecule has 1 aliphatic heterocycles. The van der Waals surface area contributed by atoms with Crippen LogP contribution in [0.3, 0.4) is 0 Å². The fourth-order valence-electron chi connectivity index (χ4n) is 3.08. The number of nitrogens with one attached hydrogen (secondary N) is 1. The molecule has 1 atom stereocenters. The molecule has 8 heteroatoms. The number of carbonyl (C=O) groups excluding carboxylic acids is 2. The van der Waals surface area contributed by atoms with Gasteiger partial charge in [0.1, 0.15) is 0 Å². The average molecular weight is 376 g/mol. The lowest BCUT2D eigenvalue weighted by molar-refractivity contribution is -0.129. The number of carbonyl (C=O) groups is 2. The minimum Gasteiger partial charge on any atom is -0.339 e. The number of likely N-dealkylation sites (tertiary alicyclic amines) is 1. The van der Waals surface area contributed by atoms with Crippen LogP contribution in [0.2, 0.25) is 5.02 Å². The summed E-state index contributed by atoms with van der Waals surface area (Å²) >= 11 is 6.17. The van der Waals surface area contributed by atoms with Crippen LogP contribution < -0.4 is 5.32 Å². The van der Waals surface area contributed by atoms with E-state index in [-0.39, 0.29) is 30.2 Å². The molecule has 0 saturated carbocycles. The zero-order chi connectivity index (χ0) is 19.0. The Labute approximate surface area is 157 Å². The van der Waals surface area contributed by atoms with Crippen LogP contribution >= 0.6 is 11.6 Å². The summed E-state index contributed by atoms with van der Waals surface area (Å²) in [5.41, 5.74) is 2.14. The summed E-state index contributed by atoms with van der Waals surface area (Å²) in [5, 5.41) is 7.81. The van der Waals surface area contributed by atoms with Crippen molar-refractivity contribution in [2.45, 2.75) is 40.2 Å². The minimum absolute atomic E-state index is 0.0232. The van der Waals surface area contributed by atoms with E-state index >= 15 is 0 Å². The van der Waals surface area contributed by atoms with Crippen molar-refractivity contribution in [3.63, 3.8) is 0 Å². The Kier molecular flexibility index (Phi) is 5.00. The van der Waals surface area contributed by atoms with E-state index in [2.05, 4.69) is 15.4 Å². The van der Waals surface area contributed by atoms with Crippen molar-refractivity contribution in [2.24, 2.45) is 5.92 Å². The highest BCUT2D eigenvalue weighted by molar-refractivity contribution is 6.31. The lowest BCUT2D eigenvalue weighted by Crippen LogP contribution is -2.33. The van der Waals surface area contributed by atoms with Crippen LogP contribution in [-0.2, 0) is 9.59 Å². The van der Waals surface area contributed by atoms with E-state index in [4.69, 9.17) is 11.6 Å². The molecule has 1 unspecified atom stereocenters. The van der Waals surface area contributed by atoms with E-state index < -0.39 is 0 Å². The Morgan fingerprint density at radius 3 is 2.58 bits per heavy atom. The van der Waals surface area contributed by atoms with Gasteiger partial charge in [0.15, 0.2) is 5.82 Å². The summed E-state index contributed by atoms with van der Waals surface area (Å²) in [7, 11) is 0. The number of hydrogen-bond donors (Lipinski definition) is 1. The number of hydrogen-bond acceptors (Lipinski definition) is 4. The van der Waals surface area contributed by atoms with Crippen LogP contribution in [-0.4, -0.2) is 44.1 Å². The maximum atomic E-state index is 12.4. The highest BCUT2D eigenvalue weighted by atomic mass is 35.5. The number of halogens is 1. The topological polar surface area (TPSA) is 80.1 Å². The molecular weight excluding hydrogens is 354 g/mol. The normalized spacial score (nSPS) is 17.2. The predicted octanol–water partition coefficient (Wildman–Crippen LogP) is 2.73. The maximum Gasteiger partial charge on any atom is 0.229 e. The molecule has 2 amide bonds. The molecule has 0 spiro atoms. The highest BCUT2D eigenvalue weighted by Crippen LogP contribution is 2.23. The van der Waals surface area contributed by atoms with Gasteiger partial charge in [-0.15, -0.1) is 0 Å². The van der Waals surface area contributed by atoms with Gasteiger partial charge in [0.05, 0.1) is 34.2 Å². The Morgan fingerprint density at radius 2 is 2.08 bits per heavy atom. The lowest BCUT2D eigenvalue weighted by atomic mass is 10.1. The van der Waals surface area contributed by atoms with Crippen LogP contribution in [0.15, 0.2) is 18.3 Å². The number of aromatic nitrogens is 3. The summed E-state index contributed by atoms with van der Waals surface area (Å²) in [6.45, 7) is 8.07. The zero-order valence-corrected chi connectivity index (χ0v) is 16.0. The van der Waals surface area contributed by atoms with E-state index in [9.17, 15) is 9.59 Å². The quantitative estimate of drug-likeness (QED) is 0.891. The van der Waals surface area contributed by atoms with Crippen LogP contribution in [0.1, 0.15) is 31.7 Å². The van der Waals surface area contributed by atoms with Crippen LogP contribution in [0, 0.1) is 19.8 Å². The van der Waals surface area contributed by atoms with Crippen molar-refractivity contribution in [3.8, 4) is 5.82 Å². The third kappa shape index (κ3) is 3.44. The first-order chi connectivity index (χ1) is 12.3. The number of aryl methyl sites for hydroxylation is 1. The number of anilines is 1. The van der Waals surface area contributed by atoms with E-state index in [0.717, 1.165) is 11.4 Å². The second-order valence-corrected chi connectivity index (χ2v) is 7.21. The second-order valence-electron chi connectivity index (χ2n) is 6.83. The number of amides is 2. The fraction of sp³-hybridized carbons (Fsp3) is 0.444. The van der Waals surface area contributed by atoms with Gasteiger partial charge in [-0.1, -0.05) is 11.6 Å². The summed E-state index contributed by atoms with van der Waals surface area (Å²) in [4.78, 5) is 30.5. The molecule has 7 nitrogen and oxygen atoms in total. The number of rotatable bonds is 4. The van der Waals surface area contributed by atoms with Gasteiger partial charge in [-0.25, -0.2) is 9.67 Å². The standard InChI is InChI=1S/C18H22ClN5O2/c1-10(2)23-9-13(7-16(23)25)18(26)21-14-5-6-15(20-8-14)24-12(4)17(19)11(3)22-24/h5-6,8,10,13H,7,9H2,1-4H3,(H,21,26). The molecule has 3 rings (SSSR count). The molecule has 0 aliphatic carbocycles. The third-order valence-electron chi connectivity index (χ3n) is 4.59. The molecule has 1 N–H and O–H groups in total. The van der Waals surface area contributed by atoms with Crippen LogP contribution in [0.4, 0.5) is 5.69 Å². The van der Waals surface area contributed by atoms with Crippen molar-refractivity contribution in [2.75, 3.05) is 11.9 Å². The van der Waals surface area contributed by atoms with Gasteiger partial charge in [-0.05, 0) is 39.8 Å². The van der Waals surface area contributed by atoms with Gasteiger partial charge in [0, 0.05) is 19.0 Å². The Morgan fingerprint density at radius 1 is 1.35 bits per heavy atom. The molecule has 0 radical (unpaired) electrons. The Balaban J connectivity index is 1.69. The van der Waals surface area contributed by atoms with Gasteiger partial charge < -0.3 is 10.2 Å². The Bertz CT molecular complexity index is 844. The maximum absolute atomic E-state index is 12.4. The monoisotopic (exact) mass is 375 g/mol. The highest BCUT2D eigenvalue weighted by Gasteiger charge is 2.35. The SMILES string of the molecule is Cc1nn(-c2ccc(NC(=O)C3CC(=O)N(C(C)C)C3)cn2)c(C)c1Cl. The molecule has 138 valence electrons. The molecule has 2 aromatic heterocycles. The summed E-state index contributed by atoms with van der Waals surface area (Å²) in [6, 6.07) is 3.64. The number of nitrogens with zero attached hydrogens (tertiary/aromatic N) is 4. The van der Waals surface area contributed by atoms with E-state index in [0.29, 0.717) is 23.1 Å². The summed E-state index contributed by atoms with van der Waals surface area (Å²) in [6.07, 6.45) is 1.83. The van der Waals surface area contributed by atoms with Gasteiger partial charge in [-0.2, -0.15) is 5.10 Å². The van der Waals surface area contributed by atoms with Crippen molar-refractivity contribution in [3.05, 3.63) is 34.7 Å². The fourth-order valence-corrected chi connectivity index (χ4v) is 3.20. The average Bonchev–Trinajstić information content (AvgIpc) is 3.11. The first-order valence-electron chi connectivity index (χ1n) is 8.56. The molecule has 3 heterocycles. The van der Waals surface area contributed by atoms with Crippen molar-refractivity contribution in [1.29, 1.82) is 0 Å². The smallest absolute Gasteiger partial charge is 0.229 e. The van der Waals surface area contributed by atoms with Gasteiger partial charge in [0.25, 0.3) is 0 Å². The summed E-state index contributed by atoms with van der Waals surface area (Å²) in [5.74, 6) is 0.150. The zero-order valence-electron chi connectivity index (χ0n) is 15.3. The van der Waals surface area contributed by atoms with Gasteiger partial charge >= 0.3 is 0 Å². The van der Waals surface area contributed by atoms with Crippen molar-refractivity contribution >= 4 is 29.1 Å². The van der Waals surface area contributed by atoms with E-state index in [1.807, 2.05) is 27.7 Å². The lowest BCUT2D eigenvalue weighted by Gasteiger charge is -2.20. The van der Waals surface area contributed by atoms with E-state index in [1.54, 1.807) is 27.9 Å².